The number of hydrogen-bond donors (Lipinski definition) is 1. The molecule has 0 bridgehead atoms. The molecule has 1 saturated heterocycles. The highest BCUT2D eigenvalue weighted by Gasteiger charge is 2.30. The molecular formula is C19H35N2O3P. The molecule has 0 aliphatic carbocycles. The lowest BCUT2D eigenvalue weighted by molar-refractivity contribution is 0.0922. The zero-order valence-electron chi connectivity index (χ0n) is 16.6. The van der Waals surface area contributed by atoms with Gasteiger partial charge in [-0.1, -0.05) is 45.9 Å². The molecule has 5 nitrogen and oxygen atoms in total. The quantitative estimate of drug-likeness (QED) is 0.757. The van der Waals surface area contributed by atoms with Crippen molar-refractivity contribution in [1.82, 2.24) is 9.99 Å². The maximum atomic E-state index is 12.3. The molecule has 1 aliphatic heterocycles. The number of piperidine rings is 1. The van der Waals surface area contributed by atoms with Crippen LogP contribution in [0.1, 0.15) is 57.8 Å². The summed E-state index contributed by atoms with van der Waals surface area (Å²) >= 11 is 0. The second kappa shape index (κ2) is 13.1. The standard InChI is InChI=1S/C15H23N2O3P.2C2H6/c1-3-20-21(2,19)17-11-9-14(10-12-17)16-15(18)13-7-5-4-6-8-13;2*1-2/h4-8,14H,3,9-12H2,1-2H3,(H,16,18);2*1-2H3. The number of rotatable bonds is 5. The van der Waals surface area contributed by atoms with E-state index in [1.54, 1.807) is 18.8 Å². The molecule has 25 heavy (non-hydrogen) atoms. The summed E-state index contributed by atoms with van der Waals surface area (Å²) in [6.45, 7) is 13.3. The van der Waals surface area contributed by atoms with Crippen LogP contribution in [0.15, 0.2) is 30.3 Å². The first-order valence-electron chi connectivity index (χ1n) is 9.36. The summed E-state index contributed by atoms with van der Waals surface area (Å²) in [5.74, 6) is -0.0430. The van der Waals surface area contributed by atoms with Gasteiger partial charge < -0.3 is 9.84 Å². The fourth-order valence-electron chi connectivity index (χ4n) is 2.55. The molecule has 1 heterocycles. The second-order valence-corrected chi connectivity index (χ2v) is 7.72. The van der Waals surface area contributed by atoms with Crippen molar-refractivity contribution < 1.29 is 13.9 Å². The van der Waals surface area contributed by atoms with Crippen LogP contribution in [-0.2, 0) is 9.09 Å². The second-order valence-electron chi connectivity index (χ2n) is 5.29. The van der Waals surface area contributed by atoms with Gasteiger partial charge >= 0.3 is 0 Å². The van der Waals surface area contributed by atoms with Gasteiger partial charge in [0.2, 0.25) is 0 Å². The SMILES string of the molecule is CC.CC.CCOP(C)(=O)N1CCC(NC(=O)c2ccccc2)CC1. The average Bonchev–Trinajstić information content (AvgIpc) is 2.66. The molecule has 0 spiro atoms. The van der Waals surface area contributed by atoms with E-state index in [-0.39, 0.29) is 11.9 Å². The fourth-order valence-corrected chi connectivity index (χ4v) is 4.15. The number of nitrogens with one attached hydrogen (secondary N) is 1. The molecule has 1 amide bonds. The van der Waals surface area contributed by atoms with Gasteiger partial charge in [-0.25, -0.2) is 4.67 Å². The predicted octanol–water partition coefficient (Wildman–Crippen LogP) is 4.79. The highest BCUT2D eigenvalue weighted by molar-refractivity contribution is 7.55. The van der Waals surface area contributed by atoms with Gasteiger partial charge in [-0.15, -0.1) is 0 Å². The largest absolute Gasteiger partial charge is 0.349 e. The van der Waals surface area contributed by atoms with E-state index in [0.29, 0.717) is 25.3 Å². The van der Waals surface area contributed by atoms with Crippen molar-refractivity contribution in [2.75, 3.05) is 26.4 Å². The Morgan fingerprint density at radius 1 is 1.16 bits per heavy atom. The molecule has 1 atom stereocenters. The highest BCUT2D eigenvalue weighted by Crippen LogP contribution is 2.47. The van der Waals surface area contributed by atoms with Crippen molar-refractivity contribution in [3.05, 3.63) is 35.9 Å². The van der Waals surface area contributed by atoms with E-state index >= 15 is 0 Å². The highest BCUT2D eigenvalue weighted by atomic mass is 31.2. The molecule has 1 aromatic rings. The number of amides is 1. The Kier molecular flexibility index (Phi) is 12.5. The Morgan fingerprint density at radius 3 is 2.16 bits per heavy atom. The summed E-state index contributed by atoms with van der Waals surface area (Å²) in [6, 6.07) is 9.34. The van der Waals surface area contributed by atoms with Gasteiger partial charge in [0.15, 0.2) is 0 Å². The third kappa shape index (κ3) is 8.17. The Hall–Kier alpha value is -1.16. The van der Waals surface area contributed by atoms with E-state index in [1.807, 2.05) is 57.5 Å². The first-order chi connectivity index (χ1) is 12.0. The molecule has 144 valence electrons. The first-order valence-corrected chi connectivity index (χ1v) is 11.4. The number of hydrogen-bond acceptors (Lipinski definition) is 3. The van der Waals surface area contributed by atoms with E-state index in [9.17, 15) is 9.36 Å². The summed E-state index contributed by atoms with van der Waals surface area (Å²) in [4.78, 5) is 12.1. The molecule has 1 unspecified atom stereocenters. The molecule has 2 rings (SSSR count). The summed E-state index contributed by atoms with van der Waals surface area (Å²) < 4.78 is 19.6. The topological polar surface area (TPSA) is 58.6 Å². The average molecular weight is 370 g/mol. The van der Waals surface area contributed by atoms with Crippen molar-refractivity contribution in [3.63, 3.8) is 0 Å². The monoisotopic (exact) mass is 370 g/mol. The zero-order chi connectivity index (χ0) is 19.3. The van der Waals surface area contributed by atoms with Crippen LogP contribution in [0.25, 0.3) is 0 Å². The maximum absolute atomic E-state index is 12.3. The van der Waals surface area contributed by atoms with Crippen LogP contribution in [0, 0.1) is 0 Å². The van der Waals surface area contributed by atoms with Crippen molar-refractivity contribution in [2.24, 2.45) is 0 Å². The van der Waals surface area contributed by atoms with Gasteiger partial charge in [0.05, 0.1) is 6.61 Å². The number of benzene rings is 1. The van der Waals surface area contributed by atoms with Crippen molar-refractivity contribution >= 4 is 13.4 Å². The molecule has 0 radical (unpaired) electrons. The van der Waals surface area contributed by atoms with Crippen LogP contribution in [0.4, 0.5) is 0 Å². The minimum absolute atomic E-state index is 0.0430. The minimum atomic E-state index is -2.67. The maximum Gasteiger partial charge on any atom is 0.269 e. The lowest BCUT2D eigenvalue weighted by atomic mass is 10.1. The summed E-state index contributed by atoms with van der Waals surface area (Å²) in [6.07, 6.45) is 1.59. The van der Waals surface area contributed by atoms with Crippen LogP contribution in [0.2, 0.25) is 0 Å². The van der Waals surface area contributed by atoms with E-state index in [2.05, 4.69) is 5.32 Å². The van der Waals surface area contributed by atoms with Gasteiger partial charge in [0.1, 0.15) is 0 Å². The van der Waals surface area contributed by atoms with Gasteiger partial charge in [-0.3, -0.25) is 9.36 Å². The smallest absolute Gasteiger partial charge is 0.269 e. The van der Waals surface area contributed by atoms with Crippen molar-refractivity contribution in [2.45, 2.75) is 53.5 Å². The van der Waals surface area contributed by atoms with Gasteiger partial charge in [-0.05, 0) is 31.9 Å². The van der Waals surface area contributed by atoms with Gasteiger partial charge in [-0.2, -0.15) is 0 Å². The number of carbonyl (C=O) groups excluding carboxylic acids is 1. The van der Waals surface area contributed by atoms with Gasteiger partial charge in [0, 0.05) is 31.4 Å². The van der Waals surface area contributed by atoms with Crippen LogP contribution >= 0.6 is 7.52 Å². The molecule has 1 fully saturated rings. The predicted molar refractivity (Wildman–Crippen MR) is 106 cm³/mol. The summed E-state index contributed by atoms with van der Waals surface area (Å²) in [5.41, 5.74) is 0.676. The van der Waals surface area contributed by atoms with E-state index in [4.69, 9.17) is 4.52 Å². The molecule has 0 aromatic heterocycles. The summed E-state index contributed by atoms with van der Waals surface area (Å²) in [7, 11) is -2.67. The van der Waals surface area contributed by atoms with Crippen molar-refractivity contribution in [1.29, 1.82) is 0 Å². The lowest BCUT2D eigenvalue weighted by Gasteiger charge is -2.35. The Labute approximate surface area is 153 Å². The van der Waals surface area contributed by atoms with Crippen LogP contribution in [0.3, 0.4) is 0 Å². The number of nitrogens with zero attached hydrogens (tertiary/aromatic N) is 1. The molecule has 1 aliphatic rings. The minimum Gasteiger partial charge on any atom is -0.349 e. The van der Waals surface area contributed by atoms with E-state index in [1.165, 1.54) is 0 Å². The Bertz CT molecular complexity index is 515. The normalized spacial score (nSPS) is 17.2. The number of carbonyl (C=O) groups is 1. The van der Waals surface area contributed by atoms with Gasteiger partial charge in [0.25, 0.3) is 13.4 Å². The zero-order valence-corrected chi connectivity index (χ0v) is 17.5. The van der Waals surface area contributed by atoms with Crippen LogP contribution < -0.4 is 5.32 Å². The van der Waals surface area contributed by atoms with Crippen LogP contribution in [-0.4, -0.2) is 43.0 Å². The van der Waals surface area contributed by atoms with E-state index < -0.39 is 7.52 Å². The van der Waals surface area contributed by atoms with Crippen LogP contribution in [0.5, 0.6) is 0 Å². The van der Waals surface area contributed by atoms with E-state index in [0.717, 1.165) is 12.8 Å². The lowest BCUT2D eigenvalue weighted by Crippen LogP contribution is -2.43. The molecule has 1 N–H and O–H groups in total. The molecule has 1 aromatic carbocycles. The third-order valence-electron chi connectivity index (χ3n) is 3.72. The molecule has 0 saturated carbocycles. The first kappa shape index (κ1) is 23.8. The third-order valence-corrected chi connectivity index (χ3v) is 5.89. The summed E-state index contributed by atoms with van der Waals surface area (Å²) in [5, 5.41) is 3.04. The molecule has 6 heteroatoms. The molecular weight excluding hydrogens is 335 g/mol. The Balaban J connectivity index is 0.00000134. The van der Waals surface area contributed by atoms with Crippen molar-refractivity contribution in [3.8, 4) is 0 Å². The fraction of sp³-hybridized carbons (Fsp3) is 0.632. The Morgan fingerprint density at radius 2 is 1.68 bits per heavy atom.